The second kappa shape index (κ2) is 7.26. The molecule has 3 aromatic rings. The number of hydrogen-bond acceptors (Lipinski definition) is 5. The van der Waals surface area contributed by atoms with Gasteiger partial charge in [-0.1, -0.05) is 17.7 Å². The molecule has 0 fully saturated rings. The molecule has 2 aromatic heterocycles. The van der Waals surface area contributed by atoms with Crippen LogP contribution in [-0.2, 0) is 0 Å². The number of rotatable bonds is 4. The number of nitrogens with zero attached hydrogens (tertiary/aromatic N) is 3. The highest BCUT2D eigenvalue weighted by Crippen LogP contribution is 2.36. The lowest BCUT2D eigenvalue weighted by Crippen LogP contribution is -1.93. The number of benzene rings is 1. The van der Waals surface area contributed by atoms with E-state index in [9.17, 15) is 0 Å². The van der Waals surface area contributed by atoms with Crippen LogP contribution in [0.25, 0.3) is 0 Å². The van der Waals surface area contributed by atoms with Gasteiger partial charge in [0.1, 0.15) is 0 Å². The Morgan fingerprint density at radius 1 is 1.05 bits per heavy atom. The van der Waals surface area contributed by atoms with Gasteiger partial charge in [-0.2, -0.15) is 0 Å². The zero-order chi connectivity index (χ0) is 15.4. The van der Waals surface area contributed by atoms with Crippen molar-refractivity contribution in [3.63, 3.8) is 0 Å². The predicted molar refractivity (Wildman–Crippen MR) is 97.8 cm³/mol. The van der Waals surface area contributed by atoms with Crippen molar-refractivity contribution in [3.8, 4) is 0 Å². The fourth-order valence-electron chi connectivity index (χ4n) is 1.73. The van der Waals surface area contributed by atoms with Gasteiger partial charge in [-0.15, -0.1) is 0 Å². The molecule has 2 heterocycles. The monoisotopic (exact) mass is 440 g/mol. The molecule has 0 atom stereocenters. The number of nitrogens with one attached hydrogen (secondary N) is 1. The second-order valence-electron chi connectivity index (χ2n) is 4.27. The summed E-state index contributed by atoms with van der Waals surface area (Å²) in [4.78, 5) is 13.5. The van der Waals surface area contributed by atoms with Crippen molar-refractivity contribution in [1.82, 2.24) is 15.0 Å². The lowest BCUT2D eigenvalue weighted by Gasteiger charge is -2.10. The molecule has 0 aliphatic carbocycles. The summed E-state index contributed by atoms with van der Waals surface area (Å²) in [6.45, 7) is 0. The molecular weight excluding hydrogens is 431 g/mol. The summed E-state index contributed by atoms with van der Waals surface area (Å²) in [5.41, 5.74) is 1.71. The van der Waals surface area contributed by atoms with Crippen LogP contribution in [0.3, 0.4) is 0 Å². The van der Waals surface area contributed by atoms with Crippen LogP contribution < -0.4 is 5.32 Å². The van der Waals surface area contributed by atoms with Crippen LogP contribution in [0, 0.1) is 3.57 Å². The second-order valence-corrected chi connectivity index (χ2v) is 6.90. The third-order valence-corrected chi connectivity index (χ3v) is 4.73. The van der Waals surface area contributed by atoms with Crippen molar-refractivity contribution in [2.75, 3.05) is 5.32 Å². The van der Waals surface area contributed by atoms with Gasteiger partial charge in [0.15, 0.2) is 5.16 Å². The van der Waals surface area contributed by atoms with E-state index in [-0.39, 0.29) is 0 Å². The van der Waals surface area contributed by atoms with Gasteiger partial charge < -0.3 is 5.32 Å². The van der Waals surface area contributed by atoms with E-state index in [1.165, 1.54) is 11.8 Å². The summed E-state index contributed by atoms with van der Waals surface area (Å²) in [6, 6.07) is 9.62. The van der Waals surface area contributed by atoms with E-state index in [1.54, 1.807) is 24.8 Å². The first kappa shape index (κ1) is 15.5. The van der Waals surface area contributed by atoms with Crippen LogP contribution in [0.15, 0.2) is 65.2 Å². The van der Waals surface area contributed by atoms with Crippen molar-refractivity contribution in [2.45, 2.75) is 10.1 Å². The number of hydrogen-bond donors (Lipinski definition) is 1. The van der Waals surface area contributed by atoms with Gasteiger partial charge >= 0.3 is 0 Å². The number of halogens is 2. The molecule has 3 rings (SSSR count). The molecule has 0 saturated heterocycles. The molecule has 0 aliphatic heterocycles. The van der Waals surface area contributed by atoms with Crippen LogP contribution in [-0.4, -0.2) is 15.0 Å². The number of aromatic nitrogens is 3. The van der Waals surface area contributed by atoms with Crippen LogP contribution in [0.2, 0.25) is 5.02 Å². The minimum atomic E-state index is 0.638. The summed E-state index contributed by atoms with van der Waals surface area (Å²) in [5.74, 6) is 0. The number of pyridine rings is 1. The summed E-state index contributed by atoms with van der Waals surface area (Å²) in [6.07, 6.45) is 7.04. The third kappa shape index (κ3) is 3.88. The van der Waals surface area contributed by atoms with Crippen LogP contribution in [0.1, 0.15) is 0 Å². The van der Waals surface area contributed by atoms with E-state index >= 15 is 0 Å². The van der Waals surface area contributed by atoms with Crippen molar-refractivity contribution in [3.05, 3.63) is 63.7 Å². The van der Waals surface area contributed by atoms with Crippen LogP contribution >= 0.6 is 46.0 Å². The van der Waals surface area contributed by atoms with Gasteiger partial charge in [0.2, 0.25) is 0 Å². The van der Waals surface area contributed by atoms with Gasteiger partial charge in [0, 0.05) is 27.1 Å². The standard InChI is InChI=1S/C15H10ClIN4S/c16-14-12(21-11-3-2-6-18-9-11)4-1-5-13(14)22-15-19-7-10(17)8-20-15/h1-9,21H. The highest BCUT2D eigenvalue weighted by molar-refractivity contribution is 14.1. The Morgan fingerprint density at radius 2 is 1.86 bits per heavy atom. The summed E-state index contributed by atoms with van der Waals surface area (Å²) in [5, 5.41) is 4.56. The van der Waals surface area contributed by atoms with E-state index in [2.05, 4.69) is 42.9 Å². The largest absolute Gasteiger partial charge is 0.353 e. The summed E-state index contributed by atoms with van der Waals surface area (Å²) >= 11 is 10.1. The Kier molecular flexibility index (Phi) is 5.12. The Balaban J connectivity index is 1.84. The Labute approximate surface area is 150 Å². The van der Waals surface area contributed by atoms with Gasteiger partial charge in [-0.25, -0.2) is 9.97 Å². The van der Waals surface area contributed by atoms with Crippen molar-refractivity contribution in [2.24, 2.45) is 0 Å². The maximum Gasteiger partial charge on any atom is 0.192 e. The molecular formula is C15H10ClIN4S. The van der Waals surface area contributed by atoms with E-state index in [1.807, 2.05) is 30.3 Å². The van der Waals surface area contributed by atoms with Gasteiger partial charge in [0.05, 0.1) is 22.6 Å². The average molecular weight is 441 g/mol. The first-order valence-electron chi connectivity index (χ1n) is 6.33. The van der Waals surface area contributed by atoms with Gasteiger partial charge in [-0.05, 0) is 58.6 Å². The van der Waals surface area contributed by atoms with E-state index in [0.29, 0.717) is 10.2 Å². The van der Waals surface area contributed by atoms with Gasteiger partial charge in [-0.3, -0.25) is 4.98 Å². The van der Waals surface area contributed by atoms with Crippen LogP contribution in [0.4, 0.5) is 11.4 Å². The smallest absolute Gasteiger partial charge is 0.192 e. The van der Waals surface area contributed by atoms with Crippen LogP contribution in [0.5, 0.6) is 0 Å². The molecule has 1 aromatic carbocycles. The first-order valence-corrected chi connectivity index (χ1v) is 8.60. The maximum absolute atomic E-state index is 6.48. The first-order chi connectivity index (χ1) is 10.7. The lowest BCUT2D eigenvalue weighted by atomic mass is 10.3. The van der Waals surface area contributed by atoms with Crippen molar-refractivity contribution >= 4 is 57.3 Å². The topological polar surface area (TPSA) is 50.7 Å². The minimum Gasteiger partial charge on any atom is -0.353 e. The van der Waals surface area contributed by atoms with E-state index < -0.39 is 0 Å². The molecule has 1 N–H and O–H groups in total. The quantitative estimate of drug-likeness (QED) is 0.456. The molecule has 0 bridgehead atoms. The molecule has 0 saturated carbocycles. The molecule has 0 spiro atoms. The molecule has 22 heavy (non-hydrogen) atoms. The third-order valence-electron chi connectivity index (χ3n) is 2.70. The fraction of sp³-hybridized carbons (Fsp3) is 0. The highest BCUT2D eigenvalue weighted by atomic mass is 127. The number of anilines is 2. The minimum absolute atomic E-state index is 0.638. The maximum atomic E-state index is 6.48. The SMILES string of the molecule is Clc1c(Nc2cccnc2)cccc1Sc1ncc(I)cn1. The summed E-state index contributed by atoms with van der Waals surface area (Å²) < 4.78 is 1.00. The zero-order valence-corrected chi connectivity index (χ0v) is 14.9. The Morgan fingerprint density at radius 3 is 2.59 bits per heavy atom. The molecule has 0 unspecified atom stereocenters. The van der Waals surface area contributed by atoms with E-state index in [0.717, 1.165) is 19.8 Å². The Bertz CT molecular complexity index is 768. The van der Waals surface area contributed by atoms with Crippen molar-refractivity contribution < 1.29 is 0 Å². The molecule has 0 aliphatic rings. The zero-order valence-electron chi connectivity index (χ0n) is 11.2. The Hall–Kier alpha value is -1.38. The molecule has 4 nitrogen and oxygen atoms in total. The molecule has 7 heteroatoms. The summed E-state index contributed by atoms with van der Waals surface area (Å²) in [7, 11) is 0. The average Bonchev–Trinajstić information content (AvgIpc) is 2.54. The van der Waals surface area contributed by atoms with Gasteiger partial charge in [0.25, 0.3) is 0 Å². The van der Waals surface area contributed by atoms with E-state index in [4.69, 9.17) is 11.6 Å². The lowest BCUT2D eigenvalue weighted by molar-refractivity contribution is 0.957. The predicted octanol–water partition coefficient (Wildman–Crippen LogP) is 5.02. The molecule has 0 amide bonds. The molecule has 0 radical (unpaired) electrons. The highest BCUT2D eigenvalue weighted by Gasteiger charge is 2.09. The van der Waals surface area contributed by atoms with Crippen molar-refractivity contribution in [1.29, 1.82) is 0 Å². The normalized spacial score (nSPS) is 10.5. The molecule has 110 valence electrons. The fourth-order valence-corrected chi connectivity index (χ4v) is 3.05.